The topological polar surface area (TPSA) is 60.8 Å². The van der Waals surface area contributed by atoms with Gasteiger partial charge in [0.05, 0.1) is 25.9 Å². The maximum atomic E-state index is 10.6. The number of pyridine rings is 1. The van der Waals surface area contributed by atoms with Gasteiger partial charge in [0.25, 0.3) is 0 Å². The van der Waals surface area contributed by atoms with Crippen LogP contribution in [0.15, 0.2) is 6.08 Å². The number of nitrogens with zero attached hydrogens (tertiary/aromatic N) is 1. The molecule has 1 aliphatic heterocycles. The van der Waals surface area contributed by atoms with Crippen molar-refractivity contribution in [3.05, 3.63) is 34.2 Å². The second kappa shape index (κ2) is 9.19. The van der Waals surface area contributed by atoms with Gasteiger partial charge in [-0.05, 0) is 60.9 Å². The van der Waals surface area contributed by atoms with E-state index in [9.17, 15) is 5.11 Å². The second-order valence-electron chi connectivity index (χ2n) is 11.8. The van der Waals surface area contributed by atoms with Gasteiger partial charge in [-0.2, -0.15) is 0 Å². The van der Waals surface area contributed by atoms with Crippen LogP contribution >= 0.6 is 0 Å². The highest BCUT2D eigenvalue weighted by Crippen LogP contribution is 2.48. The molecule has 0 saturated carbocycles. The van der Waals surface area contributed by atoms with E-state index in [1.54, 1.807) is 0 Å². The molecule has 6 heteroatoms. The van der Waals surface area contributed by atoms with Crippen LogP contribution < -0.4 is 0 Å². The maximum absolute atomic E-state index is 10.6. The number of aromatic nitrogens is 1. The van der Waals surface area contributed by atoms with E-state index >= 15 is 0 Å². The van der Waals surface area contributed by atoms with Crippen LogP contribution in [0.25, 0.3) is 5.57 Å². The van der Waals surface area contributed by atoms with Crippen molar-refractivity contribution in [1.29, 1.82) is 0 Å². The number of hydrogen-bond acceptors (Lipinski definition) is 5. The number of aliphatic hydroxyl groups is 1. The summed E-state index contributed by atoms with van der Waals surface area (Å²) in [4.78, 5) is 5.15. The number of allylic oxidation sites excluding steroid dienone is 1. The molecule has 1 unspecified atom stereocenters. The number of ether oxygens (including phenoxy) is 2. The predicted octanol–water partition coefficient (Wildman–Crippen LogP) is 6.41. The van der Waals surface area contributed by atoms with Crippen LogP contribution in [0.2, 0.25) is 18.1 Å². The van der Waals surface area contributed by atoms with Gasteiger partial charge in [0.1, 0.15) is 0 Å². The minimum atomic E-state index is -1.97. The third kappa shape index (κ3) is 4.74. The number of fused-ring (bicyclic) bond motifs is 1. The smallest absolute Gasteiger partial charge is 0.192 e. The van der Waals surface area contributed by atoms with E-state index in [1.807, 2.05) is 0 Å². The van der Waals surface area contributed by atoms with Crippen molar-refractivity contribution >= 4 is 13.9 Å². The average Bonchev–Trinajstić information content (AvgIpc) is 3.20. The summed E-state index contributed by atoms with van der Waals surface area (Å²) in [5.74, 6) is -0.191. The Labute approximate surface area is 201 Å². The van der Waals surface area contributed by atoms with Crippen LogP contribution in [0.5, 0.6) is 0 Å². The van der Waals surface area contributed by atoms with Gasteiger partial charge < -0.3 is 19.0 Å². The molecule has 1 aromatic rings. The van der Waals surface area contributed by atoms with Crippen molar-refractivity contribution in [3.8, 4) is 0 Å². The number of rotatable bonds is 5. The van der Waals surface area contributed by atoms with Crippen molar-refractivity contribution in [2.24, 2.45) is 0 Å². The minimum Gasteiger partial charge on any atom is -0.410 e. The molecule has 0 radical (unpaired) electrons. The summed E-state index contributed by atoms with van der Waals surface area (Å²) in [6, 6.07) is 0. The zero-order valence-corrected chi connectivity index (χ0v) is 22.7. The molecule has 1 spiro atoms. The largest absolute Gasteiger partial charge is 0.410 e. The Hall–Kier alpha value is -1.05. The zero-order chi connectivity index (χ0) is 24.0. The SMILES string of the molecule is CC(C)c1nc2c(c(C3=CCC4(CC3)OCCO4)c1CO)C(O[Si](C)(C)C(C)(C)C)CCC2. The lowest BCUT2D eigenvalue weighted by Crippen LogP contribution is -2.42. The fraction of sp³-hybridized carbons (Fsp3) is 0.741. The molecule has 2 aliphatic carbocycles. The van der Waals surface area contributed by atoms with E-state index in [-0.39, 0.29) is 23.7 Å². The molecule has 1 saturated heterocycles. The highest BCUT2D eigenvalue weighted by Gasteiger charge is 2.43. The fourth-order valence-electron chi connectivity index (χ4n) is 5.29. The Morgan fingerprint density at radius 3 is 2.45 bits per heavy atom. The predicted molar refractivity (Wildman–Crippen MR) is 135 cm³/mol. The van der Waals surface area contributed by atoms with E-state index in [2.05, 4.69) is 53.8 Å². The molecule has 1 atom stereocenters. The molecule has 184 valence electrons. The molecule has 0 amide bonds. The van der Waals surface area contributed by atoms with Gasteiger partial charge in [-0.3, -0.25) is 4.98 Å². The van der Waals surface area contributed by atoms with Gasteiger partial charge in [0.15, 0.2) is 14.1 Å². The summed E-state index contributed by atoms with van der Waals surface area (Å²) in [5.41, 5.74) is 6.96. The first-order valence-electron chi connectivity index (χ1n) is 12.8. The van der Waals surface area contributed by atoms with E-state index in [1.165, 1.54) is 22.4 Å². The molecular formula is C27H43NO4Si. The first-order valence-corrected chi connectivity index (χ1v) is 15.7. The molecule has 3 aliphatic rings. The van der Waals surface area contributed by atoms with Gasteiger partial charge in [-0.1, -0.05) is 40.7 Å². The van der Waals surface area contributed by atoms with Gasteiger partial charge >= 0.3 is 0 Å². The molecule has 1 aromatic heterocycles. The number of aryl methyl sites for hydroxylation is 1. The van der Waals surface area contributed by atoms with E-state index in [4.69, 9.17) is 18.9 Å². The summed E-state index contributed by atoms with van der Waals surface area (Å²) in [5, 5.41) is 10.7. The van der Waals surface area contributed by atoms with Crippen molar-refractivity contribution < 1.29 is 19.0 Å². The third-order valence-corrected chi connectivity index (χ3v) is 12.7. The lowest BCUT2D eigenvalue weighted by molar-refractivity contribution is -0.159. The van der Waals surface area contributed by atoms with Gasteiger partial charge in [-0.25, -0.2) is 0 Å². The Balaban J connectivity index is 1.84. The summed E-state index contributed by atoms with van der Waals surface area (Å²) < 4.78 is 19.0. The summed E-state index contributed by atoms with van der Waals surface area (Å²) in [7, 11) is -1.97. The standard InChI is InChI=1S/C27H43NO4Si/c1-18(2)25-20(17-29)23(19-11-13-27(14-12-19)30-15-16-31-27)24-21(28-25)9-8-10-22(24)32-33(6,7)26(3,4)5/h11,18,22,29H,8-10,12-17H2,1-7H3. The summed E-state index contributed by atoms with van der Waals surface area (Å²) in [6.45, 7) is 17.3. The fourth-order valence-corrected chi connectivity index (χ4v) is 6.59. The van der Waals surface area contributed by atoms with Crippen LogP contribution in [0.1, 0.15) is 107 Å². The van der Waals surface area contributed by atoms with Crippen LogP contribution in [-0.2, 0) is 26.9 Å². The van der Waals surface area contributed by atoms with Gasteiger partial charge in [0.2, 0.25) is 0 Å². The molecule has 5 nitrogen and oxygen atoms in total. The minimum absolute atomic E-state index is 0.00538. The average molecular weight is 474 g/mol. The van der Waals surface area contributed by atoms with Crippen LogP contribution in [-0.4, -0.2) is 37.4 Å². The Morgan fingerprint density at radius 2 is 1.91 bits per heavy atom. The highest BCUT2D eigenvalue weighted by atomic mass is 28.4. The summed E-state index contributed by atoms with van der Waals surface area (Å²) in [6.07, 6.45) is 7.93. The molecule has 1 fully saturated rings. The van der Waals surface area contributed by atoms with Gasteiger partial charge in [0, 0.05) is 35.4 Å². The molecule has 2 heterocycles. The zero-order valence-electron chi connectivity index (χ0n) is 21.7. The Kier molecular flexibility index (Phi) is 6.98. The van der Waals surface area contributed by atoms with Crippen LogP contribution in [0, 0.1) is 0 Å². The first kappa shape index (κ1) is 25.1. The van der Waals surface area contributed by atoms with E-state index in [0.717, 1.165) is 49.8 Å². The van der Waals surface area contributed by atoms with Crippen molar-refractivity contribution in [2.75, 3.05) is 13.2 Å². The van der Waals surface area contributed by atoms with E-state index < -0.39 is 14.1 Å². The van der Waals surface area contributed by atoms with Crippen molar-refractivity contribution in [1.82, 2.24) is 4.98 Å². The molecule has 0 aromatic carbocycles. The lowest BCUT2D eigenvalue weighted by Gasteiger charge is -2.42. The Bertz CT molecular complexity index is 910. The molecule has 33 heavy (non-hydrogen) atoms. The third-order valence-electron chi connectivity index (χ3n) is 8.17. The van der Waals surface area contributed by atoms with Crippen molar-refractivity contribution in [3.63, 3.8) is 0 Å². The number of hydrogen-bond donors (Lipinski definition) is 1. The normalized spacial score (nSPS) is 23.2. The Morgan fingerprint density at radius 1 is 1.21 bits per heavy atom. The molecular weight excluding hydrogens is 430 g/mol. The van der Waals surface area contributed by atoms with E-state index in [0.29, 0.717) is 13.2 Å². The summed E-state index contributed by atoms with van der Waals surface area (Å²) >= 11 is 0. The highest BCUT2D eigenvalue weighted by molar-refractivity contribution is 6.74. The van der Waals surface area contributed by atoms with Crippen LogP contribution in [0.3, 0.4) is 0 Å². The quantitative estimate of drug-likeness (QED) is 0.501. The lowest BCUT2D eigenvalue weighted by atomic mass is 9.79. The number of aliphatic hydroxyl groups excluding tert-OH is 1. The molecule has 4 rings (SSSR count). The molecule has 0 bridgehead atoms. The molecule has 1 N–H and O–H groups in total. The maximum Gasteiger partial charge on any atom is 0.192 e. The monoisotopic (exact) mass is 473 g/mol. The van der Waals surface area contributed by atoms with Crippen LogP contribution in [0.4, 0.5) is 0 Å². The van der Waals surface area contributed by atoms with Crippen molar-refractivity contribution in [2.45, 2.75) is 116 Å². The second-order valence-corrected chi connectivity index (χ2v) is 16.6. The first-order chi connectivity index (χ1) is 15.5. The van der Waals surface area contributed by atoms with Gasteiger partial charge in [-0.15, -0.1) is 0 Å².